The van der Waals surface area contributed by atoms with Crippen LogP contribution in [-0.2, 0) is 17.8 Å². The second-order valence-electron chi connectivity index (χ2n) is 13.2. The number of piperazine rings is 1. The highest BCUT2D eigenvalue weighted by atomic mass is 35.5. The van der Waals surface area contributed by atoms with Crippen LogP contribution < -0.4 is 14.5 Å². The fourth-order valence-corrected chi connectivity index (χ4v) is 7.65. The molecule has 0 radical (unpaired) electrons. The number of nitriles is 1. The van der Waals surface area contributed by atoms with Crippen LogP contribution in [0.5, 0.6) is 6.01 Å². The Morgan fingerprint density at radius 2 is 1.87 bits per heavy atom. The average molecular weight is 644 g/mol. The molecule has 4 heterocycles. The minimum absolute atomic E-state index is 0.0841. The summed E-state index contributed by atoms with van der Waals surface area (Å²) in [7, 11) is 0. The van der Waals surface area contributed by atoms with Gasteiger partial charge in [-0.05, 0) is 62.7 Å². The monoisotopic (exact) mass is 643 g/mol. The standard InChI is InChI=1S/C35H39ClFN7O2/c1-24(37)33(45)44-19-18-43(20-26(44)10-14-38)32-27-11-17-42(30-9-5-7-25-6-4-8-28(36)31(25)30)21-29(27)39-34(40-32)46-23-35(12-13-35)22-41-15-2-3-16-41/h4-9,26H,1-3,10-13,15-23H2/t26-/m0/s1. The molecule has 0 unspecified atom stereocenters. The van der Waals surface area contributed by atoms with Gasteiger partial charge in [-0.15, -0.1) is 0 Å². The van der Waals surface area contributed by atoms with Gasteiger partial charge in [0.25, 0.3) is 5.91 Å². The Labute approximate surface area is 274 Å². The smallest absolute Gasteiger partial charge is 0.318 e. The first-order chi connectivity index (χ1) is 22.3. The zero-order valence-electron chi connectivity index (χ0n) is 26.1. The predicted octanol–water partition coefficient (Wildman–Crippen LogP) is 5.51. The van der Waals surface area contributed by atoms with Crippen LogP contribution in [0.3, 0.4) is 0 Å². The van der Waals surface area contributed by atoms with Gasteiger partial charge >= 0.3 is 6.01 Å². The van der Waals surface area contributed by atoms with E-state index in [2.05, 4.69) is 51.6 Å². The van der Waals surface area contributed by atoms with Crippen LogP contribution in [0.1, 0.15) is 43.4 Å². The summed E-state index contributed by atoms with van der Waals surface area (Å²) in [6, 6.07) is 14.2. The van der Waals surface area contributed by atoms with Gasteiger partial charge in [0, 0.05) is 54.8 Å². The van der Waals surface area contributed by atoms with Gasteiger partial charge in [0.2, 0.25) is 0 Å². The molecule has 3 aliphatic heterocycles. The SMILES string of the molecule is C=C(F)C(=O)N1CCN(c2nc(OCC3(CN4CCCC4)CC3)nc3c2CCN(c2cccc4cccc(Cl)c24)C3)C[C@@H]1CC#N. The molecule has 11 heteroatoms. The third-order valence-corrected chi connectivity index (χ3v) is 10.3. The maximum Gasteiger partial charge on any atom is 0.318 e. The molecule has 0 N–H and O–H groups in total. The number of likely N-dealkylation sites (tertiary alicyclic amines) is 1. The number of carbonyl (C=O) groups excluding carboxylic acids is 1. The van der Waals surface area contributed by atoms with Crippen LogP contribution in [0.4, 0.5) is 15.9 Å². The van der Waals surface area contributed by atoms with E-state index in [-0.39, 0.29) is 18.4 Å². The highest BCUT2D eigenvalue weighted by Crippen LogP contribution is 2.47. The van der Waals surface area contributed by atoms with E-state index < -0.39 is 17.8 Å². The highest BCUT2D eigenvalue weighted by Gasteiger charge is 2.45. The van der Waals surface area contributed by atoms with Crippen molar-refractivity contribution in [2.75, 3.05) is 62.2 Å². The van der Waals surface area contributed by atoms with Crippen LogP contribution >= 0.6 is 11.6 Å². The number of carbonyl (C=O) groups is 1. The highest BCUT2D eigenvalue weighted by molar-refractivity contribution is 6.36. The van der Waals surface area contributed by atoms with Gasteiger partial charge in [0.15, 0.2) is 5.83 Å². The topological polar surface area (TPSA) is 88.8 Å². The lowest BCUT2D eigenvalue weighted by atomic mass is 10.0. The molecule has 0 bridgehead atoms. The zero-order chi connectivity index (χ0) is 31.8. The summed E-state index contributed by atoms with van der Waals surface area (Å²) < 4.78 is 20.3. The summed E-state index contributed by atoms with van der Waals surface area (Å²) in [4.78, 5) is 31.0. The predicted molar refractivity (Wildman–Crippen MR) is 177 cm³/mol. The summed E-state index contributed by atoms with van der Waals surface area (Å²) >= 11 is 6.71. The molecule has 3 aromatic rings. The molecule has 7 rings (SSSR count). The van der Waals surface area contributed by atoms with Gasteiger partial charge < -0.3 is 24.3 Å². The van der Waals surface area contributed by atoms with E-state index in [0.29, 0.717) is 43.7 Å². The molecule has 2 aromatic carbocycles. The lowest BCUT2D eigenvalue weighted by Crippen LogP contribution is -2.55. The Bertz CT molecular complexity index is 1690. The summed E-state index contributed by atoms with van der Waals surface area (Å²) in [6.07, 6.45) is 5.59. The minimum Gasteiger partial charge on any atom is -0.463 e. The van der Waals surface area contributed by atoms with Crippen molar-refractivity contribution in [3.05, 3.63) is 65.1 Å². The van der Waals surface area contributed by atoms with Gasteiger partial charge in [-0.25, -0.2) is 4.39 Å². The number of fused-ring (bicyclic) bond motifs is 2. The molecule has 4 aliphatic rings. The largest absolute Gasteiger partial charge is 0.463 e. The number of ether oxygens (including phenoxy) is 1. The normalized spacial score (nSPS) is 20.8. The van der Waals surface area contributed by atoms with Crippen molar-refractivity contribution >= 4 is 39.8 Å². The van der Waals surface area contributed by atoms with E-state index in [9.17, 15) is 14.4 Å². The lowest BCUT2D eigenvalue weighted by Gasteiger charge is -2.42. The quantitative estimate of drug-likeness (QED) is 0.282. The van der Waals surface area contributed by atoms with Crippen molar-refractivity contribution in [1.29, 1.82) is 5.26 Å². The maximum absolute atomic E-state index is 13.9. The molecule has 3 fully saturated rings. The van der Waals surface area contributed by atoms with Crippen molar-refractivity contribution in [2.45, 2.75) is 51.1 Å². The van der Waals surface area contributed by atoms with Gasteiger partial charge in [-0.1, -0.05) is 42.4 Å². The van der Waals surface area contributed by atoms with E-state index in [1.54, 1.807) is 0 Å². The first kappa shape index (κ1) is 30.7. The molecule has 1 amide bonds. The number of rotatable bonds is 9. The number of benzene rings is 2. The molecular formula is C35H39ClFN7O2. The molecule has 1 aromatic heterocycles. The summed E-state index contributed by atoms with van der Waals surface area (Å²) in [5, 5.41) is 12.4. The number of amides is 1. The van der Waals surface area contributed by atoms with Gasteiger partial charge in [-0.3, -0.25) is 4.79 Å². The third kappa shape index (κ3) is 6.10. The van der Waals surface area contributed by atoms with Crippen molar-refractivity contribution < 1.29 is 13.9 Å². The van der Waals surface area contributed by atoms with E-state index >= 15 is 0 Å². The van der Waals surface area contributed by atoms with Crippen LogP contribution in [0.2, 0.25) is 5.02 Å². The van der Waals surface area contributed by atoms with Gasteiger partial charge in [0.05, 0.1) is 42.4 Å². The van der Waals surface area contributed by atoms with Crippen LogP contribution in [0.15, 0.2) is 48.8 Å². The van der Waals surface area contributed by atoms with Crippen molar-refractivity contribution in [2.24, 2.45) is 5.41 Å². The second-order valence-corrected chi connectivity index (χ2v) is 13.6. The number of aromatic nitrogens is 2. The number of hydrogen-bond donors (Lipinski definition) is 0. The molecule has 1 aliphatic carbocycles. The fraction of sp³-hybridized carbons (Fsp3) is 0.486. The van der Waals surface area contributed by atoms with Crippen molar-refractivity contribution in [1.82, 2.24) is 19.8 Å². The third-order valence-electron chi connectivity index (χ3n) is 10.0. The Balaban J connectivity index is 1.20. The minimum atomic E-state index is -1.01. The molecule has 240 valence electrons. The van der Waals surface area contributed by atoms with E-state index in [4.69, 9.17) is 26.3 Å². The molecule has 1 atom stereocenters. The molecule has 0 spiro atoms. The van der Waals surface area contributed by atoms with Crippen molar-refractivity contribution in [3.8, 4) is 12.1 Å². The molecule has 46 heavy (non-hydrogen) atoms. The van der Waals surface area contributed by atoms with Crippen LogP contribution in [-0.4, -0.2) is 84.1 Å². The summed E-state index contributed by atoms with van der Waals surface area (Å²) in [5.74, 6) is -0.997. The number of nitrogens with zero attached hydrogens (tertiary/aromatic N) is 7. The van der Waals surface area contributed by atoms with Crippen molar-refractivity contribution in [3.63, 3.8) is 0 Å². The van der Waals surface area contributed by atoms with Crippen LogP contribution in [0, 0.1) is 16.7 Å². The van der Waals surface area contributed by atoms with Crippen LogP contribution in [0.25, 0.3) is 10.8 Å². The second kappa shape index (κ2) is 12.7. The number of anilines is 2. The average Bonchev–Trinajstić information content (AvgIpc) is 3.64. The first-order valence-electron chi connectivity index (χ1n) is 16.3. The zero-order valence-corrected chi connectivity index (χ0v) is 26.8. The fourth-order valence-electron chi connectivity index (χ4n) is 7.37. The Morgan fingerprint density at radius 3 is 2.61 bits per heavy atom. The number of halogens is 2. The van der Waals surface area contributed by atoms with E-state index in [0.717, 1.165) is 72.6 Å². The molecule has 9 nitrogen and oxygen atoms in total. The lowest BCUT2D eigenvalue weighted by molar-refractivity contribution is -0.131. The van der Waals surface area contributed by atoms with Gasteiger partial charge in [-0.2, -0.15) is 15.2 Å². The molecule has 2 saturated heterocycles. The Hall–Kier alpha value is -3.94. The number of hydrogen-bond acceptors (Lipinski definition) is 8. The van der Waals surface area contributed by atoms with E-state index in [1.807, 2.05) is 12.1 Å². The Morgan fingerprint density at radius 1 is 1.09 bits per heavy atom. The molecular weight excluding hydrogens is 605 g/mol. The van der Waals surface area contributed by atoms with Gasteiger partial charge in [0.1, 0.15) is 5.82 Å². The molecule has 1 saturated carbocycles. The summed E-state index contributed by atoms with van der Waals surface area (Å²) in [6.45, 7) is 9.51. The van der Waals surface area contributed by atoms with E-state index in [1.165, 1.54) is 17.7 Å². The summed E-state index contributed by atoms with van der Waals surface area (Å²) in [5.41, 5.74) is 3.14. The Kier molecular flexibility index (Phi) is 8.47. The maximum atomic E-state index is 13.9. The first-order valence-corrected chi connectivity index (χ1v) is 16.7.